The van der Waals surface area contributed by atoms with E-state index in [0.717, 1.165) is 0 Å². The Morgan fingerprint density at radius 1 is 1.47 bits per heavy atom. The topological polar surface area (TPSA) is 108 Å². The van der Waals surface area contributed by atoms with Crippen LogP contribution in [0.2, 0.25) is 0 Å². The lowest BCUT2D eigenvalue weighted by Crippen LogP contribution is -2.41. The van der Waals surface area contributed by atoms with Crippen LogP contribution in [0.1, 0.15) is 5.56 Å². The Labute approximate surface area is 99.1 Å². The molecule has 0 saturated heterocycles. The highest BCUT2D eigenvalue weighted by molar-refractivity contribution is 5.79. The van der Waals surface area contributed by atoms with Crippen LogP contribution in [0.25, 0.3) is 0 Å². The van der Waals surface area contributed by atoms with Gasteiger partial charge in [0.1, 0.15) is 12.6 Å². The van der Waals surface area contributed by atoms with Crippen LogP contribution in [0, 0.1) is 0 Å². The second-order valence-electron chi connectivity index (χ2n) is 3.46. The first kappa shape index (κ1) is 13.3. The first-order valence-electron chi connectivity index (χ1n) is 5.04. The predicted molar refractivity (Wildman–Crippen MR) is 61.6 cm³/mol. The molecule has 0 aliphatic rings. The average Bonchev–Trinajstić information content (AvgIpc) is 2.35. The fourth-order valence-electron chi connectivity index (χ4n) is 1.19. The van der Waals surface area contributed by atoms with Gasteiger partial charge < -0.3 is 26.0 Å². The highest BCUT2D eigenvalue weighted by atomic mass is 16.5. The molecule has 0 bridgehead atoms. The second-order valence-corrected chi connectivity index (χ2v) is 3.46. The highest BCUT2D eigenvalue weighted by Gasteiger charge is 2.12. The minimum atomic E-state index is -0.864. The van der Waals surface area contributed by atoms with Crippen molar-refractivity contribution in [2.75, 3.05) is 13.7 Å². The van der Waals surface area contributed by atoms with E-state index in [-0.39, 0.29) is 13.2 Å². The van der Waals surface area contributed by atoms with Crippen molar-refractivity contribution >= 4 is 5.91 Å². The van der Waals surface area contributed by atoms with Crippen molar-refractivity contribution in [1.82, 2.24) is 0 Å². The normalized spacial score (nSPS) is 11.9. The SMILES string of the molecule is COc1cc(CO)ccc1OCC(N)C(N)=O. The molecule has 6 nitrogen and oxygen atoms in total. The molecule has 1 atom stereocenters. The van der Waals surface area contributed by atoms with Crippen molar-refractivity contribution in [3.05, 3.63) is 23.8 Å². The Hall–Kier alpha value is -1.79. The van der Waals surface area contributed by atoms with Crippen LogP contribution in [-0.4, -0.2) is 30.8 Å². The van der Waals surface area contributed by atoms with Crippen molar-refractivity contribution in [1.29, 1.82) is 0 Å². The summed E-state index contributed by atoms with van der Waals surface area (Å²) in [4.78, 5) is 10.7. The number of ether oxygens (including phenoxy) is 2. The lowest BCUT2D eigenvalue weighted by atomic mass is 10.2. The molecular formula is C11H16N2O4. The predicted octanol–water partition coefficient (Wildman–Crippen LogP) is -0.621. The van der Waals surface area contributed by atoms with Gasteiger partial charge in [-0.3, -0.25) is 4.79 Å². The van der Waals surface area contributed by atoms with Gasteiger partial charge in [0, 0.05) is 0 Å². The fourth-order valence-corrected chi connectivity index (χ4v) is 1.19. The van der Waals surface area contributed by atoms with Gasteiger partial charge in [0.05, 0.1) is 13.7 Å². The van der Waals surface area contributed by atoms with E-state index >= 15 is 0 Å². The minimum Gasteiger partial charge on any atom is -0.493 e. The van der Waals surface area contributed by atoms with E-state index in [1.54, 1.807) is 18.2 Å². The number of amides is 1. The number of benzene rings is 1. The molecule has 6 heteroatoms. The summed E-state index contributed by atoms with van der Waals surface area (Å²) in [6.07, 6.45) is 0. The Bertz CT molecular complexity index is 395. The van der Waals surface area contributed by atoms with Crippen LogP contribution in [0.4, 0.5) is 0 Å². The van der Waals surface area contributed by atoms with Crippen molar-refractivity contribution in [3.8, 4) is 11.5 Å². The maximum absolute atomic E-state index is 10.7. The Morgan fingerprint density at radius 3 is 2.71 bits per heavy atom. The summed E-state index contributed by atoms with van der Waals surface area (Å²) in [6.45, 7) is -0.110. The summed E-state index contributed by atoms with van der Waals surface area (Å²) in [5.41, 5.74) is 11.1. The number of carbonyl (C=O) groups excluding carboxylic acids is 1. The molecule has 17 heavy (non-hydrogen) atoms. The lowest BCUT2D eigenvalue weighted by molar-refractivity contribution is -0.119. The quantitative estimate of drug-likeness (QED) is 0.614. The summed E-state index contributed by atoms with van der Waals surface area (Å²) >= 11 is 0. The van der Waals surface area contributed by atoms with Gasteiger partial charge in [-0.05, 0) is 17.7 Å². The smallest absolute Gasteiger partial charge is 0.237 e. The number of hydrogen-bond donors (Lipinski definition) is 3. The van der Waals surface area contributed by atoms with E-state index in [4.69, 9.17) is 26.0 Å². The monoisotopic (exact) mass is 240 g/mol. The van der Waals surface area contributed by atoms with Gasteiger partial charge in [-0.2, -0.15) is 0 Å². The van der Waals surface area contributed by atoms with Crippen molar-refractivity contribution in [2.24, 2.45) is 11.5 Å². The molecule has 0 spiro atoms. The molecule has 94 valence electrons. The molecule has 1 aromatic rings. The van der Waals surface area contributed by atoms with Gasteiger partial charge in [-0.15, -0.1) is 0 Å². The zero-order chi connectivity index (χ0) is 12.8. The Kier molecular flexibility index (Phi) is 4.74. The van der Waals surface area contributed by atoms with Gasteiger partial charge in [-0.1, -0.05) is 6.07 Å². The van der Waals surface area contributed by atoms with Crippen LogP contribution < -0.4 is 20.9 Å². The molecule has 0 fully saturated rings. The minimum absolute atomic E-state index is 0.0236. The lowest BCUT2D eigenvalue weighted by Gasteiger charge is -2.13. The molecule has 1 amide bonds. The summed E-state index contributed by atoms with van der Waals surface area (Å²) in [7, 11) is 1.48. The molecule has 1 aromatic carbocycles. The molecule has 1 rings (SSSR count). The first-order chi connectivity index (χ1) is 8.08. The van der Waals surface area contributed by atoms with Gasteiger partial charge in [-0.25, -0.2) is 0 Å². The summed E-state index contributed by atoms with van der Waals surface area (Å²) in [5.74, 6) is 0.283. The summed E-state index contributed by atoms with van der Waals surface area (Å²) < 4.78 is 10.4. The summed E-state index contributed by atoms with van der Waals surface area (Å²) in [6, 6.07) is 4.11. The number of aliphatic hydroxyl groups is 1. The first-order valence-corrected chi connectivity index (χ1v) is 5.04. The Balaban J connectivity index is 2.73. The van der Waals surface area contributed by atoms with E-state index < -0.39 is 11.9 Å². The van der Waals surface area contributed by atoms with Gasteiger partial charge in [0.15, 0.2) is 11.5 Å². The number of methoxy groups -OCH3 is 1. The maximum Gasteiger partial charge on any atom is 0.237 e. The molecule has 5 N–H and O–H groups in total. The number of nitrogens with two attached hydrogens (primary N) is 2. The number of aliphatic hydroxyl groups excluding tert-OH is 1. The zero-order valence-corrected chi connectivity index (χ0v) is 9.55. The van der Waals surface area contributed by atoms with Crippen LogP contribution in [0.15, 0.2) is 18.2 Å². The molecular weight excluding hydrogens is 224 g/mol. The Morgan fingerprint density at radius 2 is 2.18 bits per heavy atom. The van der Waals surface area contributed by atoms with E-state index in [0.29, 0.717) is 17.1 Å². The zero-order valence-electron chi connectivity index (χ0n) is 9.55. The van der Waals surface area contributed by atoms with E-state index in [1.807, 2.05) is 0 Å². The van der Waals surface area contributed by atoms with E-state index in [9.17, 15) is 4.79 Å². The van der Waals surface area contributed by atoms with Crippen LogP contribution in [0.5, 0.6) is 11.5 Å². The molecule has 0 heterocycles. The van der Waals surface area contributed by atoms with Gasteiger partial charge >= 0.3 is 0 Å². The van der Waals surface area contributed by atoms with E-state index in [2.05, 4.69) is 0 Å². The van der Waals surface area contributed by atoms with Crippen molar-refractivity contribution in [2.45, 2.75) is 12.6 Å². The molecule has 1 unspecified atom stereocenters. The van der Waals surface area contributed by atoms with E-state index in [1.165, 1.54) is 7.11 Å². The largest absolute Gasteiger partial charge is 0.493 e. The number of carbonyl (C=O) groups is 1. The highest BCUT2D eigenvalue weighted by Crippen LogP contribution is 2.28. The number of hydrogen-bond acceptors (Lipinski definition) is 5. The van der Waals surface area contributed by atoms with Crippen molar-refractivity contribution in [3.63, 3.8) is 0 Å². The maximum atomic E-state index is 10.7. The fraction of sp³-hybridized carbons (Fsp3) is 0.364. The molecule has 0 radical (unpaired) electrons. The number of rotatable bonds is 6. The standard InChI is InChI=1S/C11H16N2O4/c1-16-10-4-7(5-14)2-3-9(10)17-6-8(12)11(13)15/h2-4,8,14H,5-6,12H2,1H3,(H2,13,15). The van der Waals surface area contributed by atoms with Gasteiger partial charge in [0.25, 0.3) is 0 Å². The number of primary amides is 1. The van der Waals surface area contributed by atoms with Crippen molar-refractivity contribution < 1.29 is 19.4 Å². The molecule has 0 aliphatic heterocycles. The van der Waals surface area contributed by atoms with Crippen LogP contribution in [-0.2, 0) is 11.4 Å². The van der Waals surface area contributed by atoms with Crippen LogP contribution in [0.3, 0.4) is 0 Å². The average molecular weight is 240 g/mol. The summed E-state index contributed by atoms with van der Waals surface area (Å²) in [5, 5.41) is 8.96. The third kappa shape index (κ3) is 3.61. The molecule has 0 aliphatic carbocycles. The van der Waals surface area contributed by atoms with Crippen LogP contribution >= 0.6 is 0 Å². The third-order valence-corrected chi connectivity index (χ3v) is 2.19. The van der Waals surface area contributed by atoms with Gasteiger partial charge in [0.2, 0.25) is 5.91 Å². The third-order valence-electron chi connectivity index (χ3n) is 2.19. The molecule has 0 aromatic heterocycles. The molecule has 0 saturated carbocycles. The second kappa shape index (κ2) is 6.07.